The predicted molar refractivity (Wildman–Crippen MR) is 110 cm³/mol. The standard InChI is InChI=1S/C21H20Cl2N2O/c1-12-4-5-13(2)21-20(12)14(3)6-19(25-21)24-11-18(26)9-15-7-16(22)10-17(23)8-15/h4-8,10H,9,11H2,1-3H3,(H,24,25). The molecule has 0 aliphatic heterocycles. The minimum absolute atomic E-state index is 0.0452. The van der Waals surface area contributed by atoms with Crippen molar-refractivity contribution in [2.24, 2.45) is 0 Å². The van der Waals surface area contributed by atoms with Crippen LogP contribution in [0, 0.1) is 20.8 Å². The molecule has 26 heavy (non-hydrogen) atoms. The van der Waals surface area contributed by atoms with Crippen molar-refractivity contribution in [2.45, 2.75) is 27.2 Å². The zero-order valence-electron chi connectivity index (χ0n) is 15.0. The number of hydrogen-bond donors (Lipinski definition) is 1. The number of anilines is 1. The van der Waals surface area contributed by atoms with Gasteiger partial charge in [-0.25, -0.2) is 4.98 Å². The summed E-state index contributed by atoms with van der Waals surface area (Å²) in [6, 6.07) is 11.3. The normalized spacial score (nSPS) is 11.0. The Morgan fingerprint density at radius 1 is 0.962 bits per heavy atom. The zero-order chi connectivity index (χ0) is 18.8. The maximum atomic E-state index is 12.3. The number of pyridine rings is 1. The lowest BCUT2D eigenvalue weighted by molar-refractivity contribution is -0.116. The van der Waals surface area contributed by atoms with E-state index in [4.69, 9.17) is 28.2 Å². The van der Waals surface area contributed by atoms with Gasteiger partial charge in [-0.2, -0.15) is 0 Å². The summed E-state index contributed by atoms with van der Waals surface area (Å²) in [7, 11) is 0. The van der Waals surface area contributed by atoms with Crippen LogP contribution < -0.4 is 5.32 Å². The van der Waals surface area contributed by atoms with Crippen LogP contribution in [0.4, 0.5) is 5.82 Å². The minimum Gasteiger partial charge on any atom is -0.363 e. The van der Waals surface area contributed by atoms with E-state index in [0.717, 1.165) is 22.2 Å². The van der Waals surface area contributed by atoms with Gasteiger partial charge in [0, 0.05) is 21.9 Å². The van der Waals surface area contributed by atoms with Gasteiger partial charge in [0.25, 0.3) is 0 Å². The fourth-order valence-electron chi connectivity index (χ4n) is 3.15. The van der Waals surface area contributed by atoms with Gasteiger partial charge in [0.05, 0.1) is 12.1 Å². The summed E-state index contributed by atoms with van der Waals surface area (Å²) < 4.78 is 0. The number of ketones is 1. The highest BCUT2D eigenvalue weighted by Gasteiger charge is 2.10. The van der Waals surface area contributed by atoms with E-state index in [9.17, 15) is 4.79 Å². The van der Waals surface area contributed by atoms with Crippen molar-refractivity contribution in [3.8, 4) is 0 Å². The maximum Gasteiger partial charge on any atom is 0.156 e. The van der Waals surface area contributed by atoms with Gasteiger partial charge in [-0.15, -0.1) is 0 Å². The summed E-state index contributed by atoms with van der Waals surface area (Å²) in [5.41, 5.74) is 5.26. The molecule has 5 heteroatoms. The molecule has 3 rings (SSSR count). The maximum absolute atomic E-state index is 12.3. The van der Waals surface area contributed by atoms with E-state index in [-0.39, 0.29) is 18.7 Å². The third-order valence-electron chi connectivity index (χ3n) is 4.36. The fraction of sp³-hybridized carbons (Fsp3) is 0.238. The molecule has 0 aliphatic rings. The van der Waals surface area contributed by atoms with Crippen LogP contribution in [0.2, 0.25) is 10.0 Å². The number of Topliss-reactive ketones (excluding diaryl/α,β-unsaturated/α-hetero) is 1. The SMILES string of the molecule is Cc1ccc(C)c2c(C)cc(NCC(=O)Cc3cc(Cl)cc(Cl)c3)nc12. The smallest absolute Gasteiger partial charge is 0.156 e. The van der Waals surface area contributed by atoms with Gasteiger partial charge in [-0.05, 0) is 67.3 Å². The van der Waals surface area contributed by atoms with Crippen molar-refractivity contribution in [1.29, 1.82) is 0 Å². The Bertz CT molecular complexity index is 979. The van der Waals surface area contributed by atoms with Crippen LogP contribution in [0.15, 0.2) is 36.4 Å². The summed E-state index contributed by atoms with van der Waals surface area (Å²) >= 11 is 12.0. The average molecular weight is 387 g/mol. The zero-order valence-corrected chi connectivity index (χ0v) is 16.5. The van der Waals surface area contributed by atoms with Gasteiger partial charge in [-0.3, -0.25) is 4.79 Å². The molecule has 0 aliphatic carbocycles. The second-order valence-electron chi connectivity index (χ2n) is 6.59. The summed E-state index contributed by atoms with van der Waals surface area (Å²) in [6.45, 7) is 6.40. The first-order valence-electron chi connectivity index (χ1n) is 8.41. The lowest BCUT2D eigenvalue weighted by atomic mass is 10.0. The first kappa shape index (κ1) is 18.7. The number of carbonyl (C=O) groups is 1. The number of aromatic nitrogens is 1. The van der Waals surface area contributed by atoms with E-state index in [2.05, 4.69) is 31.3 Å². The van der Waals surface area contributed by atoms with Crippen molar-refractivity contribution in [1.82, 2.24) is 4.98 Å². The van der Waals surface area contributed by atoms with Crippen LogP contribution in [0.1, 0.15) is 22.3 Å². The lowest BCUT2D eigenvalue weighted by Crippen LogP contribution is -2.17. The molecule has 2 aromatic carbocycles. The van der Waals surface area contributed by atoms with E-state index < -0.39 is 0 Å². The van der Waals surface area contributed by atoms with Gasteiger partial charge in [0.1, 0.15) is 5.82 Å². The molecular weight excluding hydrogens is 367 g/mol. The third-order valence-corrected chi connectivity index (χ3v) is 4.79. The number of rotatable bonds is 5. The van der Waals surface area contributed by atoms with Gasteiger partial charge < -0.3 is 5.32 Å². The molecular formula is C21H20Cl2N2O. The molecule has 0 unspecified atom stereocenters. The van der Waals surface area contributed by atoms with Gasteiger partial charge in [0.2, 0.25) is 0 Å². The van der Waals surface area contributed by atoms with E-state index in [1.54, 1.807) is 18.2 Å². The second kappa shape index (κ2) is 7.65. The molecule has 3 aromatic rings. The first-order valence-corrected chi connectivity index (χ1v) is 9.17. The van der Waals surface area contributed by atoms with Gasteiger partial charge in [0.15, 0.2) is 5.78 Å². The van der Waals surface area contributed by atoms with E-state index >= 15 is 0 Å². The highest BCUT2D eigenvalue weighted by atomic mass is 35.5. The van der Waals surface area contributed by atoms with Gasteiger partial charge in [-0.1, -0.05) is 35.3 Å². The van der Waals surface area contributed by atoms with E-state index in [1.807, 2.05) is 13.0 Å². The van der Waals surface area contributed by atoms with Crippen molar-refractivity contribution >= 4 is 45.7 Å². The second-order valence-corrected chi connectivity index (χ2v) is 7.47. The quantitative estimate of drug-likeness (QED) is 0.612. The number of benzene rings is 2. The molecule has 0 fully saturated rings. The molecule has 0 amide bonds. The van der Waals surface area contributed by atoms with Crippen LogP contribution in [0.25, 0.3) is 10.9 Å². The van der Waals surface area contributed by atoms with Crippen LogP contribution in [-0.2, 0) is 11.2 Å². The van der Waals surface area contributed by atoms with E-state index in [0.29, 0.717) is 15.9 Å². The Morgan fingerprint density at radius 2 is 1.62 bits per heavy atom. The summed E-state index contributed by atoms with van der Waals surface area (Å²) in [4.78, 5) is 17.0. The highest BCUT2D eigenvalue weighted by molar-refractivity contribution is 6.34. The van der Waals surface area contributed by atoms with Crippen LogP contribution in [0.5, 0.6) is 0 Å². The lowest BCUT2D eigenvalue weighted by Gasteiger charge is -2.12. The average Bonchev–Trinajstić information content (AvgIpc) is 2.55. The van der Waals surface area contributed by atoms with Crippen molar-refractivity contribution in [3.63, 3.8) is 0 Å². The number of aryl methyl sites for hydroxylation is 3. The molecule has 1 N–H and O–H groups in total. The summed E-state index contributed by atoms with van der Waals surface area (Å²) in [6.07, 6.45) is 0.276. The third kappa shape index (κ3) is 4.17. The van der Waals surface area contributed by atoms with Crippen LogP contribution in [0.3, 0.4) is 0 Å². The predicted octanol–water partition coefficient (Wildman–Crippen LogP) is 5.69. The minimum atomic E-state index is 0.0452. The Hall–Kier alpha value is -2.10. The number of hydrogen-bond acceptors (Lipinski definition) is 3. The largest absolute Gasteiger partial charge is 0.363 e. The van der Waals surface area contributed by atoms with Crippen molar-refractivity contribution in [2.75, 3.05) is 11.9 Å². The summed E-state index contributed by atoms with van der Waals surface area (Å²) in [5, 5.41) is 5.39. The topological polar surface area (TPSA) is 42.0 Å². The van der Waals surface area contributed by atoms with Gasteiger partial charge >= 0.3 is 0 Å². The van der Waals surface area contributed by atoms with Crippen LogP contribution >= 0.6 is 23.2 Å². The van der Waals surface area contributed by atoms with Crippen molar-refractivity contribution in [3.05, 3.63) is 68.7 Å². The molecule has 1 aromatic heterocycles. The Balaban J connectivity index is 1.75. The Morgan fingerprint density at radius 3 is 2.31 bits per heavy atom. The monoisotopic (exact) mass is 386 g/mol. The highest BCUT2D eigenvalue weighted by Crippen LogP contribution is 2.26. The number of nitrogens with zero attached hydrogens (tertiary/aromatic N) is 1. The van der Waals surface area contributed by atoms with Crippen LogP contribution in [-0.4, -0.2) is 17.3 Å². The number of halogens is 2. The molecule has 1 heterocycles. The first-order chi connectivity index (χ1) is 12.3. The van der Waals surface area contributed by atoms with Crippen molar-refractivity contribution < 1.29 is 4.79 Å². The Kier molecular flexibility index (Phi) is 5.49. The number of nitrogens with one attached hydrogen (secondary N) is 1. The molecule has 0 bridgehead atoms. The molecule has 0 saturated heterocycles. The van der Waals surface area contributed by atoms with E-state index in [1.165, 1.54) is 10.9 Å². The molecule has 0 radical (unpaired) electrons. The molecule has 3 nitrogen and oxygen atoms in total. The Labute approximate surface area is 163 Å². The summed E-state index contributed by atoms with van der Waals surface area (Å²) in [5.74, 6) is 0.755. The molecule has 134 valence electrons. The molecule has 0 atom stereocenters. The number of carbonyl (C=O) groups excluding carboxylic acids is 1. The fourth-order valence-corrected chi connectivity index (χ4v) is 3.72. The number of fused-ring (bicyclic) bond motifs is 1. The molecule has 0 saturated carbocycles. The molecule has 0 spiro atoms.